The molecule has 0 aromatic heterocycles. The third-order valence-electron chi connectivity index (χ3n) is 5.83. The number of benzene rings is 1. The summed E-state index contributed by atoms with van der Waals surface area (Å²) >= 11 is 3.91. The topological polar surface area (TPSA) is 35.5 Å². The Bertz CT molecular complexity index is 633. The number of carbonyl (C=O) groups is 1. The van der Waals surface area contributed by atoms with Gasteiger partial charge in [-0.05, 0) is 62.5 Å². The van der Waals surface area contributed by atoms with Crippen molar-refractivity contribution < 1.29 is 18.7 Å². The van der Waals surface area contributed by atoms with Gasteiger partial charge in [-0.3, -0.25) is 4.79 Å². The summed E-state index contributed by atoms with van der Waals surface area (Å²) in [6, 6.07) is 6.26. The zero-order chi connectivity index (χ0) is 16.8. The van der Waals surface area contributed by atoms with Gasteiger partial charge in [0.1, 0.15) is 13.2 Å². The molecule has 4 atom stereocenters. The first-order valence-electron chi connectivity index (χ1n) is 8.72. The fourth-order valence-electron chi connectivity index (χ4n) is 5.39. The van der Waals surface area contributed by atoms with Crippen molar-refractivity contribution in [2.45, 2.75) is 42.8 Å². The number of ether oxygens (including phenoxy) is 2. The minimum absolute atomic E-state index is 0.0856. The van der Waals surface area contributed by atoms with Gasteiger partial charge in [-0.1, -0.05) is 28.1 Å². The van der Waals surface area contributed by atoms with Crippen LogP contribution in [0.1, 0.15) is 38.5 Å². The van der Waals surface area contributed by atoms with Gasteiger partial charge in [0.25, 0.3) is 0 Å². The second-order valence-corrected chi connectivity index (χ2v) is 9.49. The highest BCUT2D eigenvalue weighted by atomic mass is 79.9. The maximum absolute atomic E-state index is 13.5. The number of halogens is 2. The van der Waals surface area contributed by atoms with E-state index in [-0.39, 0.29) is 34.7 Å². The Morgan fingerprint density at radius 2 is 1.88 bits per heavy atom. The molecule has 4 aliphatic rings. The molecule has 2 unspecified atom stereocenters. The highest BCUT2D eigenvalue weighted by Crippen LogP contribution is 2.64. The fourth-order valence-corrected chi connectivity index (χ4v) is 6.84. The van der Waals surface area contributed by atoms with Gasteiger partial charge in [0.2, 0.25) is 0 Å². The van der Waals surface area contributed by atoms with Crippen LogP contribution in [0.25, 0.3) is 0 Å². The summed E-state index contributed by atoms with van der Waals surface area (Å²) in [6.07, 6.45) is 6.45. The van der Waals surface area contributed by atoms with Crippen molar-refractivity contribution in [1.29, 1.82) is 0 Å². The molecule has 0 heterocycles. The molecule has 3 nitrogen and oxygen atoms in total. The van der Waals surface area contributed by atoms with Crippen LogP contribution in [0.5, 0.6) is 5.75 Å². The molecule has 0 spiro atoms. The van der Waals surface area contributed by atoms with Gasteiger partial charge in [0, 0.05) is 4.32 Å². The first-order valence-corrected chi connectivity index (χ1v) is 9.51. The number of para-hydroxylation sites is 1. The molecule has 0 radical (unpaired) electrons. The lowest BCUT2D eigenvalue weighted by atomic mass is 9.49. The van der Waals surface area contributed by atoms with E-state index < -0.39 is 5.82 Å². The van der Waals surface area contributed by atoms with Crippen molar-refractivity contribution in [3.8, 4) is 5.75 Å². The number of carbonyl (C=O) groups excluding carboxylic acids is 1. The molecule has 5 heteroatoms. The summed E-state index contributed by atoms with van der Waals surface area (Å²) in [5.41, 5.74) is -0.314. The second kappa shape index (κ2) is 6.01. The van der Waals surface area contributed by atoms with Crippen molar-refractivity contribution >= 4 is 21.9 Å². The molecule has 0 aliphatic heterocycles. The zero-order valence-electron chi connectivity index (χ0n) is 13.6. The number of rotatable bonds is 5. The van der Waals surface area contributed by atoms with Gasteiger partial charge in [-0.15, -0.1) is 0 Å². The molecule has 0 amide bonds. The molecule has 4 aliphatic carbocycles. The van der Waals surface area contributed by atoms with Crippen molar-refractivity contribution in [3.63, 3.8) is 0 Å². The number of esters is 1. The molecule has 0 N–H and O–H groups in total. The third kappa shape index (κ3) is 2.96. The van der Waals surface area contributed by atoms with E-state index in [1.165, 1.54) is 25.3 Å². The Morgan fingerprint density at radius 3 is 2.54 bits per heavy atom. The summed E-state index contributed by atoms with van der Waals surface area (Å²) in [4.78, 5) is 12.7. The largest absolute Gasteiger partial charge is 0.487 e. The number of hydrogen-bond acceptors (Lipinski definition) is 3. The highest BCUT2D eigenvalue weighted by Gasteiger charge is 2.60. The van der Waals surface area contributed by atoms with Crippen molar-refractivity contribution in [2.24, 2.45) is 17.3 Å². The van der Waals surface area contributed by atoms with E-state index >= 15 is 0 Å². The predicted molar refractivity (Wildman–Crippen MR) is 91.6 cm³/mol. The quantitative estimate of drug-likeness (QED) is 0.418. The molecular formula is C19H22BrFO3. The van der Waals surface area contributed by atoms with E-state index in [2.05, 4.69) is 15.9 Å². The second-order valence-electron chi connectivity index (χ2n) is 7.81. The summed E-state index contributed by atoms with van der Waals surface area (Å²) in [5, 5.41) is 0. The smallest absolute Gasteiger partial charge is 0.312 e. The first kappa shape index (κ1) is 16.4. The maximum Gasteiger partial charge on any atom is 0.312 e. The van der Waals surface area contributed by atoms with E-state index in [0.29, 0.717) is 11.8 Å². The van der Waals surface area contributed by atoms with Gasteiger partial charge in [-0.2, -0.15) is 0 Å². The van der Waals surface area contributed by atoms with Gasteiger partial charge >= 0.3 is 5.97 Å². The SMILES string of the molecule is O=C(OCCOc1ccccc1F)C12C[C@@H]3C[C@@H](CC(Br)(C3)C1)C2. The first-order chi connectivity index (χ1) is 11.5. The zero-order valence-corrected chi connectivity index (χ0v) is 15.2. The number of hydrogen-bond donors (Lipinski definition) is 0. The van der Waals surface area contributed by atoms with E-state index in [4.69, 9.17) is 9.47 Å². The van der Waals surface area contributed by atoms with Gasteiger partial charge in [0.05, 0.1) is 5.41 Å². The Balaban J connectivity index is 1.33. The normalized spacial score (nSPS) is 36.6. The summed E-state index contributed by atoms with van der Waals surface area (Å²) in [6.45, 7) is 0.342. The van der Waals surface area contributed by atoms with Crippen molar-refractivity contribution in [2.75, 3.05) is 13.2 Å². The molecule has 1 aromatic carbocycles. The van der Waals surface area contributed by atoms with Crippen LogP contribution in [0.3, 0.4) is 0 Å². The predicted octanol–water partition coefficient (Wildman–Crippen LogP) is 4.48. The minimum atomic E-state index is -0.397. The molecule has 4 saturated carbocycles. The molecule has 0 saturated heterocycles. The Morgan fingerprint density at radius 1 is 1.17 bits per heavy atom. The van der Waals surface area contributed by atoms with Gasteiger partial charge in [0.15, 0.2) is 11.6 Å². The van der Waals surface area contributed by atoms with E-state index in [0.717, 1.165) is 19.3 Å². The Labute approximate surface area is 150 Å². The van der Waals surface area contributed by atoms with Crippen LogP contribution in [0.4, 0.5) is 4.39 Å². The monoisotopic (exact) mass is 396 g/mol. The third-order valence-corrected chi connectivity index (χ3v) is 6.76. The number of alkyl halides is 1. The molecule has 4 bridgehead atoms. The Kier molecular flexibility index (Phi) is 4.10. The molecular weight excluding hydrogens is 375 g/mol. The average Bonchev–Trinajstić information content (AvgIpc) is 2.50. The highest BCUT2D eigenvalue weighted by molar-refractivity contribution is 9.10. The van der Waals surface area contributed by atoms with Crippen LogP contribution >= 0.6 is 15.9 Å². The lowest BCUT2D eigenvalue weighted by Crippen LogP contribution is -2.56. The van der Waals surface area contributed by atoms with E-state index in [9.17, 15) is 9.18 Å². The lowest BCUT2D eigenvalue weighted by Gasteiger charge is -2.58. The molecule has 5 rings (SSSR count). The van der Waals surface area contributed by atoms with Crippen molar-refractivity contribution in [3.05, 3.63) is 30.1 Å². The van der Waals surface area contributed by atoms with Crippen LogP contribution in [-0.4, -0.2) is 23.5 Å². The van der Waals surface area contributed by atoms with Crippen LogP contribution in [0.2, 0.25) is 0 Å². The molecule has 24 heavy (non-hydrogen) atoms. The van der Waals surface area contributed by atoms with Crippen LogP contribution in [0.15, 0.2) is 24.3 Å². The van der Waals surface area contributed by atoms with E-state index in [1.807, 2.05) is 0 Å². The summed E-state index contributed by atoms with van der Waals surface area (Å²) < 4.78 is 24.5. The average molecular weight is 397 g/mol. The summed E-state index contributed by atoms with van der Waals surface area (Å²) in [5.74, 6) is 1.01. The van der Waals surface area contributed by atoms with Gasteiger partial charge < -0.3 is 9.47 Å². The Hall–Kier alpha value is -1.10. The van der Waals surface area contributed by atoms with Crippen LogP contribution < -0.4 is 4.74 Å². The maximum atomic E-state index is 13.5. The van der Waals surface area contributed by atoms with Gasteiger partial charge in [-0.25, -0.2) is 4.39 Å². The molecule has 1 aromatic rings. The molecule has 130 valence electrons. The standard InChI is InChI=1S/C19H22BrFO3/c20-19-10-13-7-14(11-19)9-18(8-13,12-19)17(22)24-6-5-23-16-4-2-1-3-15(16)21/h1-4,13-14H,5-12H2/t13-,14+,18?,19?. The van der Waals surface area contributed by atoms with Crippen LogP contribution in [-0.2, 0) is 9.53 Å². The van der Waals surface area contributed by atoms with Crippen LogP contribution in [0, 0.1) is 23.1 Å². The molecule has 4 fully saturated rings. The lowest BCUT2D eigenvalue weighted by molar-refractivity contribution is -0.170. The summed E-state index contributed by atoms with van der Waals surface area (Å²) in [7, 11) is 0. The minimum Gasteiger partial charge on any atom is -0.487 e. The fraction of sp³-hybridized carbons (Fsp3) is 0.632. The van der Waals surface area contributed by atoms with Crippen molar-refractivity contribution in [1.82, 2.24) is 0 Å². The van der Waals surface area contributed by atoms with E-state index in [1.54, 1.807) is 18.2 Å².